The first-order valence-corrected chi connectivity index (χ1v) is 7.17. The van der Waals surface area contributed by atoms with Crippen LogP contribution in [0, 0.1) is 0 Å². The topological polar surface area (TPSA) is 46.2 Å². The molecule has 1 aliphatic heterocycles. The SMILES string of the molecule is O=C1Nc2c(Cl)cc(Cl)cc2C(=O)C1(Cl)c1ccccc1. The molecule has 6 heteroatoms. The zero-order valence-electron chi connectivity index (χ0n) is 10.5. The summed E-state index contributed by atoms with van der Waals surface area (Å²) in [6.07, 6.45) is 0. The second-order valence-electron chi connectivity index (χ2n) is 4.62. The smallest absolute Gasteiger partial charge is 0.258 e. The van der Waals surface area contributed by atoms with Crippen LogP contribution >= 0.6 is 34.8 Å². The summed E-state index contributed by atoms with van der Waals surface area (Å²) >= 11 is 18.3. The number of alkyl halides is 1. The minimum Gasteiger partial charge on any atom is -0.322 e. The predicted molar refractivity (Wildman–Crippen MR) is 83.4 cm³/mol. The van der Waals surface area contributed by atoms with E-state index in [1.54, 1.807) is 30.3 Å². The molecule has 3 nitrogen and oxygen atoms in total. The van der Waals surface area contributed by atoms with Gasteiger partial charge in [0.05, 0.1) is 10.7 Å². The van der Waals surface area contributed by atoms with Gasteiger partial charge in [0.15, 0.2) is 5.78 Å². The standard InChI is InChI=1S/C15H8Cl3NO2/c16-9-6-10-12(11(17)7-9)19-14(21)15(18,13(10)20)8-4-2-1-3-5-8/h1-7H,(H,19,21). The van der Waals surface area contributed by atoms with E-state index >= 15 is 0 Å². The minimum absolute atomic E-state index is 0.200. The molecule has 1 atom stereocenters. The second-order valence-corrected chi connectivity index (χ2v) is 6.03. The number of amides is 1. The third kappa shape index (κ3) is 2.13. The fourth-order valence-corrected chi connectivity index (χ4v) is 3.11. The van der Waals surface area contributed by atoms with Gasteiger partial charge in [0, 0.05) is 10.6 Å². The quantitative estimate of drug-likeness (QED) is 0.623. The van der Waals surface area contributed by atoms with Crippen molar-refractivity contribution in [3.05, 3.63) is 63.6 Å². The number of halogens is 3. The summed E-state index contributed by atoms with van der Waals surface area (Å²) in [5, 5.41) is 3.09. The van der Waals surface area contributed by atoms with Crippen molar-refractivity contribution in [2.24, 2.45) is 0 Å². The molecule has 0 saturated carbocycles. The number of rotatable bonds is 1. The molecule has 0 aliphatic carbocycles. The number of ketones is 1. The van der Waals surface area contributed by atoms with Crippen molar-refractivity contribution in [3.63, 3.8) is 0 Å². The van der Waals surface area contributed by atoms with E-state index in [1.807, 2.05) is 0 Å². The number of anilines is 1. The van der Waals surface area contributed by atoms with Crippen molar-refractivity contribution in [2.75, 3.05) is 5.32 Å². The molecule has 1 heterocycles. The average molecular weight is 341 g/mol. The van der Waals surface area contributed by atoms with Crippen LogP contribution in [0.4, 0.5) is 5.69 Å². The molecule has 2 aromatic rings. The summed E-state index contributed by atoms with van der Waals surface area (Å²) < 4.78 is 0. The zero-order valence-corrected chi connectivity index (χ0v) is 12.8. The molecule has 106 valence electrons. The third-order valence-electron chi connectivity index (χ3n) is 3.34. The van der Waals surface area contributed by atoms with E-state index in [1.165, 1.54) is 12.1 Å². The molecule has 21 heavy (non-hydrogen) atoms. The summed E-state index contributed by atoms with van der Waals surface area (Å²) in [4.78, 5) is 23.3. The third-order valence-corrected chi connectivity index (χ3v) is 4.41. The van der Waals surface area contributed by atoms with Gasteiger partial charge in [-0.1, -0.05) is 65.1 Å². The minimum atomic E-state index is -1.82. The first kappa shape index (κ1) is 14.4. The molecular formula is C15H8Cl3NO2. The molecule has 3 rings (SSSR count). The van der Waals surface area contributed by atoms with Gasteiger partial charge in [-0.05, 0) is 17.7 Å². The number of nitrogens with one attached hydrogen (secondary N) is 1. The zero-order chi connectivity index (χ0) is 15.2. The van der Waals surface area contributed by atoms with Gasteiger partial charge in [0.25, 0.3) is 5.91 Å². The van der Waals surface area contributed by atoms with Crippen LogP contribution in [0.3, 0.4) is 0 Å². The highest BCUT2D eigenvalue weighted by molar-refractivity contribution is 6.53. The van der Waals surface area contributed by atoms with E-state index in [0.717, 1.165) is 0 Å². The van der Waals surface area contributed by atoms with Crippen molar-refractivity contribution in [2.45, 2.75) is 4.87 Å². The summed E-state index contributed by atoms with van der Waals surface area (Å²) in [6, 6.07) is 11.4. The van der Waals surface area contributed by atoms with Crippen LogP contribution in [0.2, 0.25) is 10.0 Å². The lowest BCUT2D eigenvalue weighted by Crippen LogP contribution is -2.46. The van der Waals surface area contributed by atoms with E-state index in [9.17, 15) is 9.59 Å². The highest BCUT2D eigenvalue weighted by Crippen LogP contribution is 2.43. The normalized spacial score (nSPS) is 20.9. The Balaban J connectivity index is 2.23. The molecule has 2 aromatic carbocycles. The maximum absolute atomic E-state index is 12.7. The first-order chi connectivity index (χ1) is 9.94. The Morgan fingerprint density at radius 1 is 1.00 bits per heavy atom. The molecule has 1 unspecified atom stereocenters. The first-order valence-electron chi connectivity index (χ1n) is 6.04. The van der Waals surface area contributed by atoms with Crippen molar-refractivity contribution in [1.29, 1.82) is 0 Å². The van der Waals surface area contributed by atoms with Crippen LogP contribution in [0.5, 0.6) is 0 Å². The highest BCUT2D eigenvalue weighted by Gasteiger charge is 2.50. The lowest BCUT2D eigenvalue weighted by molar-refractivity contribution is -0.117. The Morgan fingerprint density at radius 2 is 1.67 bits per heavy atom. The maximum Gasteiger partial charge on any atom is 0.258 e. The molecule has 0 bridgehead atoms. The number of hydrogen-bond donors (Lipinski definition) is 1. The fraction of sp³-hybridized carbons (Fsp3) is 0.0667. The van der Waals surface area contributed by atoms with Gasteiger partial charge in [0.2, 0.25) is 4.87 Å². The number of benzene rings is 2. The number of carbonyl (C=O) groups is 2. The van der Waals surface area contributed by atoms with Gasteiger partial charge >= 0.3 is 0 Å². The Bertz CT molecular complexity index is 761. The largest absolute Gasteiger partial charge is 0.322 e. The van der Waals surface area contributed by atoms with Crippen molar-refractivity contribution in [3.8, 4) is 0 Å². The lowest BCUT2D eigenvalue weighted by atomic mass is 9.85. The molecule has 0 spiro atoms. The molecule has 0 aromatic heterocycles. The van der Waals surface area contributed by atoms with Crippen LogP contribution < -0.4 is 5.32 Å². The highest BCUT2D eigenvalue weighted by atomic mass is 35.5. The number of hydrogen-bond acceptors (Lipinski definition) is 2. The lowest BCUT2D eigenvalue weighted by Gasteiger charge is -2.31. The Labute approximate surface area is 135 Å². The monoisotopic (exact) mass is 339 g/mol. The van der Waals surface area contributed by atoms with Gasteiger partial charge in [-0.3, -0.25) is 9.59 Å². The molecule has 0 radical (unpaired) electrons. The van der Waals surface area contributed by atoms with Gasteiger partial charge < -0.3 is 5.32 Å². The summed E-state index contributed by atoms with van der Waals surface area (Å²) in [7, 11) is 0. The fourth-order valence-electron chi connectivity index (χ4n) is 2.30. The molecule has 1 amide bonds. The molecular weight excluding hydrogens is 333 g/mol. The molecule has 1 N–H and O–H groups in total. The number of fused-ring (bicyclic) bond motifs is 1. The van der Waals surface area contributed by atoms with Gasteiger partial charge in [-0.25, -0.2) is 0 Å². The average Bonchev–Trinajstić information content (AvgIpc) is 2.47. The summed E-state index contributed by atoms with van der Waals surface area (Å²) in [5.41, 5.74) is 0.838. The molecule has 1 aliphatic rings. The van der Waals surface area contributed by atoms with E-state index in [0.29, 0.717) is 10.6 Å². The molecule has 0 saturated heterocycles. The van der Waals surface area contributed by atoms with Crippen LogP contribution in [-0.4, -0.2) is 11.7 Å². The number of carbonyl (C=O) groups excluding carboxylic acids is 2. The van der Waals surface area contributed by atoms with Crippen molar-refractivity contribution in [1.82, 2.24) is 0 Å². The maximum atomic E-state index is 12.7. The Morgan fingerprint density at radius 3 is 2.33 bits per heavy atom. The predicted octanol–water partition coefficient (Wildman–Crippen LogP) is 4.26. The van der Waals surface area contributed by atoms with E-state index in [2.05, 4.69) is 5.32 Å². The van der Waals surface area contributed by atoms with Crippen LogP contribution in [0.1, 0.15) is 15.9 Å². The van der Waals surface area contributed by atoms with Crippen molar-refractivity contribution >= 4 is 52.2 Å². The van der Waals surface area contributed by atoms with Crippen molar-refractivity contribution < 1.29 is 9.59 Å². The Hall–Kier alpha value is -1.55. The van der Waals surface area contributed by atoms with E-state index in [-0.39, 0.29) is 16.3 Å². The van der Waals surface area contributed by atoms with Gasteiger partial charge in [-0.2, -0.15) is 0 Å². The van der Waals surface area contributed by atoms with Gasteiger partial charge in [0.1, 0.15) is 0 Å². The Kier molecular flexibility index (Phi) is 3.44. The van der Waals surface area contributed by atoms with Gasteiger partial charge in [-0.15, -0.1) is 0 Å². The van der Waals surface area contributed by atoms with Crippen LogP contribution in [0.15, 0.2) is 42.5 Å². The van der Waals surface area contributed by atoms with Crippen LogP contribution in [-0.2, 0) is 9.67 Å². The second kappa shape index (κ2) is 5.02. The molecule has 0 fully saturated rings. The van der Waals surface area contributed by atoms with Crippen LogP contribution in [0.25, 0.3) is 0 Å². The summed E-state index contributed by atoms with van der Waals surface area (Å²) in [5.74, 6) is -1.17. The number of Topliss-reactive ketones (excluding diaryl/α,β-unsaturated/α-hetero) is 1. The van der Waals surface area contributed by atoms with E-state index in [4.69, 9.17) is 34.8 Å². The van der Waals surface area contributed by atoms with E-state index < -0.39 is 16.6 Å². The summed E-state index contributed by atoms with van der Waals surface area (Å²) in [6.45, 7) is 0.